The van der Waals surface area contributed by atoms with Gasteiger partial charge in [-0.05, 0) is 43.3 Å². The van der Waals surface area contributed by atoms with Crippen LogP contribution in [0.25, 0.3) is 0 Å². The molecule has 13 nitrogen and oxygen atoms in total. The van der Waals surface area contributed by atoms with Crippen LogP contribution in [0.5, 0.6) is 0 Å². The number of carbonyl (C=O) groups excluding carboxylic acids is 4. The molecule has 1 rings (SSSR count). The van der Waals surface area contributed by atoms with E-state index in [2.05, 4.69) is 25.9 Å². The fourth-order valence-electron chi connectivity index (χ4n) is 3.08. The first-order valence-electron chi connectivity index (χ1n) is 11.2. The zero-order chi connectivity index (χ0) is 27.1. The van der Waals surface area contributed by atoms with E-state index in [0.29, 0.717) is 17.2 Å². The van der Waals surface area contributed by atoms with Gasteiger partial charge in [-0.1, -0.05) is 0 Å². The molecule has 0 saturated heterocycles. The first-order valence-corrected chi connectivity index (χ1v) is 14.0. The lowest BCUT2D eigenvalue weighted by molar-refractivity contribution is -0.142. The van der Waals surface area contributed by atoms with Gasteiger partial charge in [0.25, 0.3) is 0 Å². The second-order valence-corrected chi connectivity index (χ2v) is 9.95. The lowest BCUT2D eigenvalue weighted by Crippen LogP contribution is -2.57. The minimum Gasteiger partial charge on any atom is -0.480 e. The minimum atomic E-state index is -1.17. The predicted molar refractivity (Wildman–Crippen MR) is 138 cm³/mol. The van der Waals surface area contributed by atoms with Gasteiger partial charge in [0, 0.05) is 24.7 Å². The number of H-pyrrole nitrogens is 1. The molecule has 1 aromatic rings. The molecule has 36 heavy (non-hydrogen) atoms. The summed E-state index contributed by atoms with van der Waals surface area (Å²) in [6.45, 7) is 0. The summed E-state index contributed by atoms with van der Waals surface area (Å²) in [4.78, 5) is 68.0. The second-order valence-electron chi connectivity index (χ2n) is 7.98. The van der Waals surface area contributed by atoms with Crippen LogP contribution in [-0.4, -0.2) is 92.9 Å². The van der Waals surface area contributed by atoms with Gasteiger partial charge in [0.1, 0.15) is 18.1 Å². The first kappa shape index (κ1) is 31.3. The van der Waals surface area contributed by atoms with E-state index in [-0.39, 0.29) is 32.1 Å². The number of carboxylic acid groups (broad SMARTS) is 1. The quantitative estimate of drug-likeness (QED) is 0.114. The highest BCUT2D eigenvalue weighted by atomic mass is 32.2. The van der Waals surface area contributed by atoms with Crippen LogP contribution in [0.2, 0.25) is 0 Å². The molecule has 15 heteroatoms. The van der Waals surface area contributed by atoms with Gasteiger partial charge in [-0.25, -0.2) is 9.78 Å². The molecule has 202 valence electrons. The summed E-state index contributed by atoms with van der Waals surface area (Å²) in [5.74, 6) is -2.66. The monoisotopic (exact) mass is 545 g/mol. The van der Waals surface area contributed by atoms with E-state index in [4.69, 9.17) is 11.5 Å². The largest absolute Gasteiger partial charge is 0.480 e. The molecule has 0 bridgehead atoms. The Labute approximate surface area is 218 Å². The third-order valence-corrected chi connectivity index (χ3v) is 6.41. The molecule has 0 aliphatic heterocycles. The van der Waals surface area contributed by atoms with Gasteiger partial charge in [-0.2, -0.15) is 23.5 Å². The molecule has 4 atom stereocenters. The number of nitrogens with one attached hydrogen (secondary N) is 4. The van der Waals surface area contributed by atoms with Crippen molar-refractivity contribution in [3.8, 4) is 0 Å². The van der Waals surface area contributed by atoms with Crippen molar-refractivity contribution in [2.24, 2.45) is 11.5 Å². The van der Waals surface area contributed by atoms with E-state index in [0.717, 1.165) is 0 Å². The van der Waals surface area contributed by atoms with Crippen LogP contribution in [0, 0.1) is 0 Å². The number of thioether (sulfide) groups is 2. The van der Waals surface area contributed by atoms with Crippen molar-refractivity contribution in [3.63, 3.8) is 0 Å². The number of primary amides is 1. The van der Waals surface area contributed by atoms with Gasteiger partial charge in [0.05, 0.1) is 12.4 Å². The normalized spacial score (nSPS) is 14.2. The average molecular weight is 546 g/mol. The number of carbonyl (C=O) groups is 5. The number of aromatic nitrogens is 2. The Kier molecular flexibility index (Phi) is 14.6. The molecule has 0 fully saturated rings. The average Bonchev–Trinajstić information content (AvgIpc) is 3.34. The number of rotatable bonds is 18. The summed E-state index contributed by atoms with van der Waals surface area (Å²) in [5.41, 5.74) is 11.5. The van der Waals surface area contributed by atoms with Crippen LogP contribution in [0.1, 0.15) is 31.4 Å². The molecule has 4 unspecified atom stereocenters. The van der Waals surface area contributed by atoms with Gasteiger partial charge < -0.3 is 37.5 Å². The summed E-state index contributed by atoms with van der Waals surface area (Å²) in [6.07, 6.45) is 6.99. The van der Waals surface area contributed by atoms with E-state index in [1.165, 1.54) is 36.0 Å². The summed E-state index contributed by atoms with van der Waals surface area (Å²) < 4.78 is 0. The van der Waals surface area contributed by atoms with Gasteiger partial charge in [0.15, 0.2) is 0 Å². The lowest BCUT2D eigenvalue weighted by atomic mass is 10.1. The third-order valence-electron chi connectivity index (χ3n) is 5.12. The first-order chi connectivity index (χ1) is 17.1. The topological polar surface area (TPSA) is 222 Å². The molecule has 0 aromatic carbocycles. The van der Waals surface area contributed by atoms with E-state index in [1.807, 2.05) is 12.5 Å². The van der Waals surface area contributed by atoms with Crippen molar-refractivity contribution in [2.75, 3.05) is 24.0 Å². The summed E-state index contributed by atoms with van der Waals surface area (Å²) in [6, 6.07) is -4.31. The van der Waals surface area contributed by atoms with Crippen molar-refractivity contribution < 1.29 is 29.1 Å². The smallest absolute Gasteiger partial charge is 0.326 e. The van der Waals surface area contributed by atoms with E-state index in [1.54, 1.807) is 0 Å². The highest BCUT2D eigenvalue weighted by molar-refractivity contribution is 7.98. The molecular formula is C21H35N7O6S2. The molecule has 1 aromatic heterocycles. The van der Waals surface area contributed by atoms with Crippen molar-refractivity contribution >= 4 is 53.1 Å². The molecule has 0 saturated carbocycles. The summed E-state index contributed by atoms with van der Waals surface area (Å²) in [7, 11) is 0. The molecule has 0 aliphatic rings. The molecule has 4 amide bonds. The Morgan fingerprint density at radius 1 is 0.944 bits per heavy atom. The van der Waals surface area contributed by atoms with Crippen LogP contribution in [0.15, 0.2) is 12.5 Å². The van der Waals surface area contributed by atoms with Gasteiger partial charge >= 0.3 is 5.97 Å². The maximum Gasteiger partial charge on any atom is 0.326 e. The van der Waals surface area contributed by atoms with Gasteiger partial charge in [0.2, 0.25) is 23.6 Å². The van der Waals surface area contributed by atoms with Crippen LogP contribution < -0.4 is 27.4 Å². The number of hydrogen-bond donors (Lipinski definition) is 7. The summed E-state index contributed by atoms with van der Waals surface area (Å²) in [5, 5.41) is 17.1. The number of hydrogen-bond acceptors (Lipinski definition) is 9. The molecule has 0 radical (unpaired) electrons. The Hall–Kier alpha value is -2.78. The molecule has 0 spiro atoms. The zero-order valence-electron chi connectivity index (χ0n) is 20.3. The minimum absolute atomic E-state index is 0.00490. The summed E-state index contributed by atoms with van der Waals surface area (Å²) >= 11 is 2.91. The fraction of sp³-hybridized carbons (Fsp3) is 0.619. The van der Waals surface area contributed by atoms with E-state index in [9.17, 15) is 29.1 Å². The van der Waals surface area contributed by atoms with Crippen LogP contribution >= 0.6 is 23.5 Å². The highest BCUT2D eigenvalue weighted by Crippen LogP contribution is 2.07. The molecule has 9 N–H and O–H groups in total. The Balaban J connectivity index is 2.99. The highest BCUT2D eigenvalue weighted by Gasteiger charge is 2.30. The molecule has 0 aliphatic carbocycles. The standard InChI is InChI=1S/C21H35N7O6S2/c1-35-7-5-14(19(31)27-15(21(33)34)6-8-36-2)26-20(32)16(9-12-10-24-11-25-12)28-18(30)13(22)3-4-17(23)29/h10-11,13-16H,3-9,22H2,1-2H3,(H2,23,29)(H,24,25)(H,26,32)(H,27,31)(H,28,30)(H,33,34). The van der Waals surface area contributed by atoms with Crippen LogP contribution in [0.4, 0.5) is 0 Å². The Bertz CT molecular complexity index is 871. The SMILES string of the molecule is CSCCC(NC(=O)C(CCSC)NC(=O)C(Cc1cnc[nH]1)NC(=O)C(N)CCC(N)=O)C(=O)O. The van der Waals surface area contributed by atoms with Crippen LogP contribution in [-0.2, 0) is 30.4 Å². The number of nitrogens with zero attached hydrogens (tertiary/aromatic N) is 1. The Morgan fingerprint density at radius 2 is 1.50 bits per heavy atom. The number of imidazole rings is 1. The van der Waals surface area contributed by atoms with Crippen molar-refractivity contribution in [2.45, 2.75) is 56.3 Å². The lowest BCUT2D eigenvalue weighted by Gasteiger charge is -2.25. The molecular weight excluding hydrogens is 510 g/mol. The number of nitrogens with two attached hydrogens (primary N) is 2. The number of aliphatic carboxylic acids is 1. The van der Waals surface area contributed by atoms with Gasteiger partial charge in [-0.15, -0.1) is 0 Å². The molecule has 1 heterocycles. The number of carboxylic acids is 1. The predicted octanol–water partition coefficient (Wildman–Crippen LogP) is -1.41. The number of amides is 4. The van der Waals surface area contributed by atoms with Crippen molar-refractivity contribution in [1.29, 1.82) is 0 Å². The maximum atomic E-state index is 13.2. The zero-order valence-corrected chi connectivity index (χ0v) is 22.0. The number of aromatic amines is 1. The fourth-order valence-corrected chi connectivity index (χ4v) is 4.02. The van der Waals surface area contributed by atoms with Crippen LogP contribution in [0.3, 0.4) is 0 Å². The van der Waals surface area contributed by atoms with Crippen molar-refractivity contribution in [3.05, 3.63) is 18.2 Å². The van der Waals surface area contributed by atoms with Crippen molar-refractivity contribution in [1.82, 2.24) is 25.9 Å². The third kappa shape index (κ3) is 11.8. The second kappa shape index (κ2) is 16.8. The maximum absolute atomic E-state index is 13.2. The van der Waals surface area contributed by atoms with Gasteiger partial charge in [-0.3, -0.25) is 19.2 Å². The van der Waals surface area contributed by atoms with E-state index >= 15 is 0 Å². The van der Waals surface area contributed by atoms with E-state index < -0.39 is 53.8 Å². The Morgan fingerprint density at radius 3 is 2.03 bits per heavy atom.